The minimum absolute atomic E-state index is 0.284. The molecule has 0 aliphatic heterocycles. The fourth-order valence-corrected chi connectivity index (χ4v) is 1.98. The van der Waals surface area contributed by atoms with Crippen LogP contribution >= 0.6 is 0 Å². The van der Waals surface area contributed by atoms with Crippen LogP contribution in [-0.2, 0) is 11.3 Å². The van der Waals surface area contributed by atoms with Crippen LogP contribution in [0.3, 0.4) is 0 Å². The lowest BCUT2D eigenvalue weighted by Gasteiger charge is -2.14. The highest BCUT2D eigenvalue weighted by molar-refractivity contribution is 5.86. The molecule has 6 heteroatoms. The molecule has 0 fully saturated rings. The van der Waals surface area contributed by atoms with Gasteiger partial charge in [0.25, 0.3) is 0 Å². The van der Waals surface area contributed by atoms with E-state index < -0.39 is 12.1 Å². The highest BCUT2D eigenvalue weighted by Crippen LogP contribution is 2.24. The molecule has 4 N–H and O–H groups in total. The van der Waals surface area contributed by atoms with Crippen molar-refractivity contribution < 1.29 is 14.3 Å². The first-order chi connectivity index (χ1) is 11.1. The number of nitrogens with two attached hydrogens (primary N) is 1. The van der Waals surface area contributed by atoms with Crippen LogP contribution in [0.4, 0.5) is 4.79 Å². The van der Waals surface area contributed by atoms with Crippen LogP contribution < -0.4 is 21.1 Å². The van der Waals surface area contributed by atoms with Gasteiger partial charge in [-0.05, 0) is 25.1 Å². The number of ether oxygens (including phenoxy) is 1. The molecular weight excluding hydrogens is 294 g/mol. The molecular formula is C17H19N3O3. The molecule has 2 rings (SSSR count). The summed E-state index contributed by atoms with van der Waals surface area (Å²) in [5.74, 6) is 1.06. The monoisotopic (exact) mass is 313 g/mol. The fraction of sp³-hybridized carbons (Fsp3) is 0.176. The van der Waals surface area contributed by atoms with Gasteiger partial charge in [-0.1, -0.05) is 36.4 Å². The van der Waals surface area contributed by atoms with Gasteiger partial charge in [0.15, 0.2) is 0 Å². The smallest absolute Gasteiger partial charge is 0.312 e. The van der Waals surface area contributed by atoms with Crippen LogP contribution in [0.25, 0.3) is 0 Å². The molecule has 1 atom stereocenters. The minimum Gasteiger partial charge on any atom is -0.457 e. The molecule has 2 aromatic rings. The molecule has 0 bridgehead atoms. The molecule has 120 valence electrons. The van der Waals surface area contributed by atoms with Crippen LogP contribution in [-0.4, -0.2) is 18.0 Å². The van der Waals surface area contributed by atoms with Crippen molar-refractivity contribution in [3.05, 3.63) is 60.2 Å². The molecule has 0 unspecified atom stereocenters. The number of hydrogen-bond acceptors (Lipinski definition) is 3. The highest BCUT2D eigenvalue weighted by Gasteiger charge is 2.14. The predicted molar refractivity (Wildman–Crippen MR) is 87.0 cm³/mol. The number of para-hydroxylation sites is 2. The van der Waals surface area contributed by atoms with Crippen LogP contribution in [0.5, 0.6) is 11.5 Å². The van der Waals surface area contributed by atoms with E-state index in [9.17, 15) is 9.59 Å². The minimum atomic E-state index is -0.736. The Hall–Kier alpha value is -3.02. The number of nitrogens with one attached hydrogen (secondary N) is 2. The summed E-state index contributed by atoms with van der Waals surface area (Å²) in [7, 11) is 0. The maximum Gasteiger partial charge on any atom is 0.312 e. The Bertz CT molecular complexity index is 674. The number of carbonyl (C=O) groups excluding carboxylic acids is 2. The Morgan fingerprint density at radius 2 is 1.74 bits per heavy atom. The first-order valence-electron chi connectivity index (χ1n) is 7.21. The van der Waals surface area contributed by atoms with Crippen molar-refractivity contribution in [2.24, 2.45) is 5.73 Å². The first-order valence-corrected chi connectivity index (χ1v) is 7.21. The van der Waals surface area contributed by atoms with E-state index in [1.54, 1.807) is 6.92 Å². The van der Waals surface area contributed by atoms with Crippen molar-refractivity contribution in [2.75, 3.05) is 0 Å². The molecule has 6 nitrogen and oxygen atoms in total. The topological polar surface area (TPSA) is 93.5 Å². The normalized spacial score (nSPS) is 11.3. The van der Waals surface area contributed by atoms with E-state index in [0.29, 0.717) is 5.75 Å². The maximum atomic E-state index is 11.9. The largest absolute Gasteiger partial charge is 0.457 e. The summed E-state index contributed by atoms with van der Waals surface area (Å²) in [5, 5.41) is 5.07. The molecule has 0 saturated heterocycles. The molecule has 3 amide bonds. The summed E-state index contributed by atoms with van der Waals surface area (Å²) in [6.45, 7) is 1.85. The van der Waals surface area contributed by atoms with E-state index in [0.717, 1.165) is 11.3 Å². The van der Waals surface area contributed by atoms with Gasteiger partial charge in [-0.15, -0.1) is 0 Å². The van der Waals surface area contributed by atoms with E-state index in [4.69, 9.17) is 10.5 Å². The summed E-state index contributed by atoms with van der Waals surface area (Å²) < 4.78 is 5.83. The summed E-state index contributed by atoms with van der Waals surface area (Å²) in [4.78, 5) is 22.7. The van der Waals surface area contributed by atoms with E-state index in [1.165, 1.54) is 0 Å². The third kappa shape index (κ3) is 5.03. The van der Waals surface area contributed by atoms with Gasteiger partial charge in [0.05, 0.1) is 0 Å². The third-order valence-electron chi connectivity index (χ3n) is 3.15. The van der Waals surface area contributed by atoms with Crippen molar-refractivity contribution in [3.63, 3.8) is 0 Å². The van der Waals surface area contributed by atoms with Crippen LogP contribution in [0.1, 0.15) is 12.5 Å². The average molecular weight is 313 g/mol. The zero-order valence-electron chi connectivity index (χ0n) is 12.8. The zero-order valence-corrected chi connectivity index (χ0v) is 12.8. The molecule has 0 radical (unpaired) electrons. The van der Waals surface area contributed by atoms with Gasteiger partial charge in [0.1, 0.15) is 17.5 Å². The van der Waals surface area contributed by atoms with Gasteiger partial charge in [0.2, 0.25) is 5.91 Å². The summed E-state index contributed by atoms with van der Waals surface area (Å²) in [5.41, 5.74) is 5.83. The lowest BCUT2D eigenvalue weighted by atomic mass is 10.2. The second kappa shape index (κ2) is 7.84. The van der Waals surface area contributed by atoms with Gasteiger partial charge in [0, 0.05) is 12.1 Å². The Balaban J connectivity index is 2.00. The SMILES string of the molecule is C[C@@H](NC(N)=O)C(=O)NCc1ccccc1Oc1ccccc1. The number of primary amides is 1. The molecule has 0 aliphatic carbocycles. The van der Waals surface area contributed by atoms with Gasteiger partial charge in [-0.2, -0.15) is 0 Å². The molecule has 0 aromatic heterocycles. The summed E-state index contributed by atoms with van der Waals surface area (Å²) in [6.07, 6.45) is 0. The first kappa shape index (κ1) is 16.4. The number of benzene rings is 2. The van der Waals surface area contributed by atoms with Gasteiger partial charge in [-0.25, -0.2) is 4.79 Å². The Labute approximate surface area is 134 Å². The molecule has 23 heavy (non-hydrogen) atoms. The zero-order chi connectivity index (χ0) is 16.7. The van der Waals surface area contributed by atoms with Crippen molar-refractivity contribution >= 4 is 11.9 Å². The molecule has 0 saturated carbocycles. The number of rotatable bonds is 6. The van der Waals surface area contributed by atoms with E-state index >= 15 is 0 Å². The lowest BCUT2D eigenvalue weighted by molar-refractivity contribution is -0.122. The molecule has 2 aromatic carbocycles. The van der Waals surface area contributed by atoms with Gasteiger partial charge in [-0.3, -0.25) is 4.79 Å². The summed E-state index contributed by atoms with van der Waals surface area (Å²) in [6, 6.07) is 15.4. The summed E-state index contributed by atoms with van der Waals surface area (Å²) >= 11 is 0. The standard InChI is InChI=1S/C17H19N3O3/c1-12(20-17(18)22)16(21)19-11-13-7-5-6-10-15(13)23-14-8-3-2-4-9-14/h2-10,12H,11H2,1H3,(H,19,21)(H3,18,20,22)/t12-/m1/s1. The molecule has 0 heterocycles. The molecule has 0 spiro atoms. The number of carbonyl (C=O) groups is 2. The van der Waals surface area contributed by atoms with Crippen LogP contribution in [0, 0.1) is 0 Å². The van der Waals surface area contributed by atoms with Gasteiger partial charge < -0.3 is 21.1 Å². The average Bonchev–Trinajstić information content (AvgIpc) is 2.54. The van der Waals surface area contributed by atoms with Crippen molar-refractivity contribution in [3.8, 4) is 11.5 Å². The Morgan fingerprint density at radius 3 is 2.43 bits per heavy atom. The Kier molecular flexibility index (Phi) is 5.57. The third-order valence-corrected chi connectivity index (χ3v) is 3.15. The predicted octanol–water partition coefficient (Wildman–Crippen LogP) is 2.15. The Morgan fingerprint density at radius 1 is 1.09 bits per heavy atom. The van der Waals surface area contributed by atoms with Gasteiger partial charge >= 0.3 is 6.03 Å². The highest BCUT2D eigenvalue weighted by atomic mass is 16.5. The number of hydrogen-bond donors (Lipinski definition) is 3. The van der Waals surface area contributed by atoms with E-state index in [-0.39, 0.29) is 12.5 Å². The lowest BCUT2D eigenvalue weighted by Crippen LogP contribution is -2.46. The number of urea groups is 1. The fourth-order valence-electron chi connectivity index (χ4n) is 1.98. The molecule has 0 aliphatic rings. The number of amides is 3. The van der Waals surface area contributed by atoms with Crippen LogP contribution in [0.2, 0.25) is 0 Å². The van der Waals surface area contributed by atoms with Crippen molar-refractivity contribution in [1.29, 1.82) is 0 Å². The van der Waals surface area contributed by atoms with Crippen molar-refractivity contribution in [2.45, 2.75) is 19.5 Å². The van der Waals surface area contributed by atoms with E-state index in [1.807, 2.05) is 54.6 Å². The second-order valence-electron chi connectivity index (χ2n) is 4.97. The quantitative estimate of drug-likeness (QED) is 0.763. The van der Waals surface area contributed by atoms with Crippen molar-refractivity contribution in [1.82, 2.24) is 10.6 Å². The van der Waals surface area contributed by atoms with E-state index in [2.05, 4.69) is 10.6 Å². The second-order valence-corrected chi connectivity index (χ2v) is 4.97. The maximum absolute atomic E-state index is 11.9. The van der Waals surface area contributed by atoms with Crippen LogP contribution in [0.15, 0.2) is 54.6 Å².